The van der Waals surface area contributed by atoms with E-state index >= 15 is 0 Å². The molecule has 0 radical (unpaired) electrons. The molecule has 0 aliphatic heterocycles. The average Bonchev–Trinajstić information content (AvgIpc) is 2.49. The predicted octanol–water partition coefficient (Wildman–Crippen LogP) is -1.14. The van der Waals surface area contributed by atoms with Crippen LogP contribution < -0.4 is 22.1 Å². The fourth-order valence-electron chi connectivity index (χ4n) is 1.94. The monoisotopic (exact) mass is 328 g/mol. The zero-order valence-electron chi connectivity index (χ0n) is 14.2. The van der Waals surface area contributed by atoms with Gasteiger partial charge < -0.3 is 22.1 Å². The normalized spacial score (nSPS) is 16.0. The van der Waals surface area contributed by atoms with Crippen LogP contribution in [0.1, 0.15) is 40.0 Å². The second-order valence-corrected chi connectivity index (χ2v) is 5.77. The van der Waals surface area contributed by atoms with Gasteiger partial charge in [0.2, 0.25) is 11.8 Å². The lowest BCUT2D eigenvalue weighted by molar-refractivity contribution is -0.133. The van der Waals surface area contributed by atoms with E-state index in [-0.39, 0.29) is 30.3 Å². The first kappa shape index (κ1) is 21.2. The lowest BCUT2D eigenvalue weighted by Crippen LogP contribution is -2.52. The maximum atomic E-state index is 12.4. The number of carbonyl (C=O) groups is 4. The molecule has 8 nitrogen and oxygen atoms in total. The van der Waals surface area contributed by atoms with E-state index in [0.29, 0.717) is 6.42 Å². The van der Waals surface area contributed by atoms with Gasteiger partial charge in [-0.15, -0.1) is 0 Å². The highest BCUT2D eigenvalue weighted by Gasteiger charge is 2.30. The molecule has 0 rings (SSSR count). The fraction of sp³-hybridized carbons (Fsp3) is 0.733. The maximum absolute atomic E-state index is 12.4. The van der Waals surface area contributed by atoms with Crippen LogP contribution in [0, 0.1) is 5.92 Å². The smallest absolute Gasteiger partial charge is 0.238 e. The van der Waals surface area contributed by atoms with Crippen LogP contribution in [0.5, 0.6) is 0 Å². The molecule has 8 heteroatoms. The molecule has 1 unspecified atom stereocenters. The molecule has 0 saturated heterocycles. The van der Waals surface area contributed by atoms with E-state index in [1.807, 2.05) is 6.92 Å². The van der Waals surface area contributed by atoms with Gasteiger partial charge in [0.1, 0.15) is 0 Å². The number of amides is 2. The van der Waals surface area contributed by atoms with Crippen molar-refractivity contribution in [2.45, 2.75) is 58.2 Å². The van der Waals surface area contributed by atoms with Crippen molar-refractivity contribution in [3.8, 4) is 0 Å². The van der Waals surface area contributed by atoms with Crippen LogP contribution in [-0.4, -0.2) is 48.6 Å². The van der Waals surface area contributed by atoms with E-state index in [4.69, 9.17) is 11.5 Å². The van der Waals surface area contributed by atoms with E-state index in [1.165, 1.54) is 0 Å². The number of rotatable bonds is 11. The van der Waals surface area contributed by atoms with Crippen molar-refractivity contribution in [1.29, 1.82) is 0 Å². The Bertz CT molecular complexity index is 453. The summed E-state index contributed by atoms with van der Waals surface area (Å²) in [6, 6.07) is -2.37. The van der Waals surface area contributed by atoms with Crippen LogP contribution in [0.4, 0.5) is 0 Å². The minimum absolute atomic E-state index is 0.162. The molecule has 0 aromatic carbocycles. The van der Waals surface area contributed by atoms with Crippen molar-refractivity contribution >= 4 is 23.4 Å². The van der Waals surface area contributed by atoms with E-state index in [2.05, 4.69) is 10.6 Å². The van der Waals surface area contributed by atoms with Crippen molar-refractivity contribution in [3.63, 3.8) is 0 Å². The SMILES string of the molecule is CC[C@H](C)C(NC(=O)[C@@H](N)CC(N)=O)C(=O)CC(=O)[C@H](C)NC. The molecule has 2 amide bonds. The Morgan fingerprint density at radius 3 is 2.09 bits per heavy atom. The summed E-state index contributed by atoms with van der Waals surface area (Å²) in [6.07, 6.45) is 0.0584. The summed E-state index contributed by atoms with van der Waals surface area (Å²) in [7, 11) is 1.63. The number of Topliss-reactive ketones (excluding diaryl/α,β-unsaturated/α-hetero) is 2. The summed E-state index contributed by atoms with van der Waals surface area (Å²) in [4.78, 5) is 47.1. The van der Waals surface area contributed by atoms with E-state index in [9.17, 15) is 19.2 Å². The number of nitrogens with one attached hydrogen (secondary N) is 2. The van der Waals surface area contributed by atoms with Crippen molar-refractivity contribution < 1.29 is 19.2 Å². The molecule has 0 saturated carbocycles. The Labute approximate surface area is 136 Å². The molecule has 6 N–H and O–H groups in total. The van der Waals surface area contributed by atoms with Crippen LogP contribution in [-0.2, 0) is 19.2 Å². The molecule has 23 heavy (non-hydrogen) atoms. The van der Waals surface area contributed by atoms with Crippen molar-refractivity contribution in [2.24, 2.45) is 17.4 Å². The van der Waals surface area contributed by atoms with Gasteiger partial charge in [0.15, 0.2) is 11.6 Å². The van der Waals surface area contributed by atoms with E-state index in [1.54, 1.807) is 20.9 Å². The van der Waals surface area contributed by atoms with E-state index in [0.717, 1.165) is 0 Å². The molecule has 0 bridgehead atoms. The Morgan fingerprint density at radius 2 is 1.65 bits per heavy atom. The molecule has 0 spiro atoms. The molecule has 132 valence electrons. The van der Waals surface area contributed by atoms with Crippen LogP contribution in [0.3, 0.4) is 0 Å². The largest absolute Gasteiger partial charge is 0.370 e. The van der Waals surface area contributed by atoms with Gasteiger partial charge in [-0.3, -0.25) is 19.2 Å². The topological polar surface area (TPSA) is 144 Å². The molecule has 0 aromatic rings. The second kappa shape index (κ2) is 10.1. The van der Waals surface area contributed by atoms with Gasteiger partial charge in [0.05, 0.1) is 31.0 Å². The summed E-state index contributed by atoms with van der Waals surface area (Å²) in [5.41, 5.74) is 10.6. The highest BCUT2D eigenvalue weighted by molar-refractivity contribution is 6.04. The third kappa shape index (κ3) is 7.34. The maximum Gasteiger partial charge on any atom is 0.238 e. The lowest BCUT2D eigenvalue weighted by Gasteiger charge is -2.24. The predicted molar refractivity (Wildman–Crippen MR) is 86.3 cm³/mol. The molecular formula is C15H28N4O4. The zero-order chi connectivity index (χ0) is 18.2. The summed E-state index contributed by atoms with van der Waals surface area (Å²) in [5.74, 6) is -2.11. The van der Waals surface area contributed by atoms with Gasteiger partial charge in [-0.1, -0.05) is 20.3 Å². The lowest BCUT2D eigenvalue weighted by atomic mass is 9.91. The Hall–Kier alpha value is -1.80. The first-order valence-electron chi connectivity index (χ1n) is 7.70. The van der Waals surface area contributed by atoms with E-state index < -0.39 is 29.9 Å². The summed E-state index contributed by atoms with van der Waals surface area (Å²) in [6.45, 7) is 5.34. The summed E-state index contributed by atoms with van der Waals surface area (Å²) < 4.78 is 0. The minimum atomic E-state index is -1.11. The highest BCUT2D eigenvalue weighted by atomic mass is 16.2. The number of nitrogens with two attached hydrogens (primary N) is 2. The first-order chi connectivity index (χ1) is 10.6. The highest BCUT2D eigenvalue weighted by Crippen LogP contribution is 2.12. The molecule has 0 heterocycles. The van der Waals surface area contributed by atoms with Crippen LogP contribution >= 0.6 is 0 Å². The molecule has 0 aliphatic rings. The average molecular weight is 328 g/mol. The van der Waals surface area contributed by atoms with Crippen LogP contribution in [0.2, 0.25) is 0 Å². The minimum Gasteiger partial charge on any atom is -0.370 e. The molecule has 0 aromatic heterocycles. The molecular weight excluding hydrogens is 300 g/mol. The van der Waals surface area contributed by atoms with Gasteiger partial charge in [0.25, 0.3) is 0 Å². The Morgan fingerprint density at radius 1 is 1.09 bits per heavy atom. The van der Waals surface area contributed by atoms with Gasteiger partial charge in [-0.25, -0.2) is 0 Å². The van der Waals surface area contributed by atoms with Crippen molar-refractivity contribution in [2.75, 3.05) is 7.05 Å². The Kier molecular flexibility index (Phi) is 9.28. The molecule has 0 fully saturated rings. The van der Waals surface area contributed by atoms with Crippen LogP contribution in [0.25, 0.3) is 0 Å². The third-order valence-electron chi connectivity index (χ3n) is 3.88. The second-order valence-electron chi connectivity index (χ2n) is 5.77. The van der Waals surface area contributed by atoms with Crippen molar-refractivity contribution in [3.05, 3.63) is 0 Å². The number of hydrogen-bond acceptors (Lipinski definition) is 6. The van der Waals surface area contributed by atoms with Crippen molar-refractivity contribution in [1.82, 2.24) is 10.6 Å². The number of hydrogen-bond donors (Lipinski definition) is 4. The zero-order valence-corrected chi connectivity index (χ0v) is 14.2. The number of carbonyl (C=O) groups excluding carboxylic acids is 4. The van der Waals surface area contributed by atoms with Gasteiger partial charge in [-0.2, -0.15) is 0 Å². The quantitative estimate of drug-likeness (QED) is 0.353. The molecule has 0 aliphatic carbocycles. The molecule has 4 atom stereocenters. The van der Waals surface area contributed by atoms with Gasteiger partial charge >= 0.3 is 0 Å². The standard InChI is InChI=1S/C15H28N4O4/c1-5-8(2)14(12(21)7-11(20)9(3)18-4)19-15(23)10(16)6-13(17)22/h8-10,14,18H,5-7,16H2,1-4H3,(H2,17,22)(H,19,23)/t8-,9-,10-,14?/m0/s1. The van der Waals surface area contributed by atoms with Gasteiger partial charge in [0, 0.05) is 0 Å². The third-order valence-corrected chi connectivity index (χ3v) is 3.88. The first-order valence-corrected chi connectivity index (χ1v) is 7.70. The summed E-state index contributed by atoms with van der Waals surface area (Å²) in [5, 5.41) is 5.31. The number of ketones is 2. The van der Waals surface area contributed by atoms with Gasteiger partial charge in [-0.05, 0) is 19.9 Å². The Balaban J connectivity index is 4.94. The van der Waals surface area contributed by atoms with Crippen LogP contribution in [0.15, 0.2) is 0 Å². The summed E-state index contributed by atoms with van der Waals surface area (Å²) >= 11 is 0. The fourth-order valence-corrected chi connectivity index (χ4v) is 1.94. The number of likely N-dealkylation sites (N-methyl/N-ethyl adjacent to an activating group) is 1. The number of primary amides is 1.